The zero-order chi connectivity index (χ0) is 15.9. The van der Waals surface area contributed by atoms with Gasteiger partial charge >= 0.3 is 0 Å². The Morgan fingerprint density at radius 2 is 1.95 bits per heavy atom. The molecule has 0 aliphatic heterocycles. The van der Waals surface area contributed by atoms with E-state index in [1.807, 2.05) is 11.9 Å². The summed E-state index contributed by atoms with van der Waals surface area (Å²) in [6, 6.07) is 6.34. The molecule has 0 aromatic heterocycles. The maximum Gasteiger partial charge on any atom is 0.222 e. The Kier molecular flexibility index (Phi) is 6.22. The Labute approximate surface area is 132 Å². The summed E-state index contributed by atoms with van der Waals surface area (Å²) in [7, 11) is 1.93. The second-order valence-electron chi connectivity index (χ2n) is 6.24. The fourth-order valence-corrected chi connectivity index (χ4v) is 3.18. The third-order valence-electron chi connectivity index (χ3n) is 4.57. The molecule has 2 atom stereocenters. The molecule has 2 unspecified atom stereocenters. The molecule has 1 aliphatic carbocycles. The van der Waals surface area contributed by atoms with Gasteiger partial charge in [-0.1, -0.05) is 19.8 Å². The van der Waals surface area contributed by atoms with Crippen molar-refractivity contribution in [3.05, 3.63) is 30.1 Å². The van der Waals surface area contributed by atoms with Crippen LogP contribution < -0.4 is 4.74 Å². The molecule has 22 heavy (non-hydrogen) atoms. The number of ether oxygens (including phenoxy) is 1. The summed E-state index contributed by atoms with van der Waals surface area (Å²) in [5, 5.41) is 0. The molecule has 0 N–H and O–H groups in total. The maximum absolute atomic E-state index is 12.8. The molecule has 1 saturated carbocycles. The summed E-state index contributed by atoms with van der Waals surface area (Å²) in [4.78, 5) is 14.2. The van der Waals surface area contributed by atoms with Crippen LogP contribution in [0.25, 0.3) is 0 Å². The van der Waals surface area contributed by atoms with Crippen LogP contribution in [0.4, 0.5) is 4.39 Å². The van der Waals surface area contributed by atoms with E-state index in [9.17, 15) is 9.18 Å². The lowest BCUT2D eigenvalue weighted by Crippen LogP contribution is -2.42. The minimum absolute atomic E-state index is 0.196. The Hall–Kier alpha value is -1.58. The van der Waals surface area contributed by atoms with Gasteiger partial charge < -0.3 is 9.64 Å². The molecular formula is C18H26FNO2. The van der Waals surface area contributed by atoms with Crippen LogP contribution >= 0.6 is 0 Å². The Morgan fingerprint density at radius 3 is 2.64 bits per heavy atom. The van der Waals surface area contributed by atoms with E-state index in [0.717, 1.165) is 6.42 Å². The van der Waals surface area contributed by atoms with Crippen LogP contribution in [0.5, 0.6) is 5.75 Å². The van der Waals surface area contributed by atoms with Gasteiger partial charge in [0.25, 0.3) is 0 Å². The lowest BCUT2D eigenvalue weighted by molar-refractivity contribution is -0.133. The van der Waals surface area contributed by atoms with E-state index in [1.165, 1.54) is 31.4 Å². The van der Waals surface area contributed by atoms with Crippen molar-refractivity contribution in [3.8, 4) is 5.75 Å². The smallest absolute Gasteiger partial charge is 0.222 e. The van der Waals surface area contributed by atoms with Crippen LogP contribution in [-0.4, -0.2) is 30.5 Å². The van der Waals surface area contributed by atoms with Crippen molar-refractivity contribution < 1.29 is 13.9 Å². The minimum Gasteiger partial charge on any atom is -0.494 e. The number of hydrogen-bond donors (Lipinski definition) is 0. The van der Waals surface area contributed by atoms with Crippen molar-refractivity contribution >= 4 is 5.91 Å². The summed E-state index contributed by atoms with van der Waals surface area (Å²) < 4.78 is 18.3. The van der Waals surface area contributed by atoms with Gasteiger partial charge in [0.1, 0.15) is 11.6 Å². The van der Waals surface area contributed by atoms with Gasteiger partial charge in [0, 0.05) is 19.5 Å². The van der Waals surface area contributed by atoms with Gasteiger partial charge in [-0.3, -0.25) is 4.79 Å². The van der Waals surface area contributed by atoms with Crippen LogP contribution in [-0.2, 0) is 4.79 Å². The van der Waals surface area contributed by atoms with Gasteiger partial charge in [0.15, 0.2) is 0 Å². The average molecular weight is 307 g/mol. The summed E-state index contributed by atoms with van der Waals surface area (Å²) in [5.41, 5.74) is 0. The first-order chi connectivity index (χ1) is 10.6. The number of rotatable bonds is 6. The molecule has 4 heteroatoms. The monoisotopic (exact) mass is 307 g/mol. The number of benzene rings is 1. The molecule has 0 bridgehead atoms. The Balaban J connectivity index is 1.69. The SMILES string of the molecule is CC1CCCCC1N(C)C(=O)CCCOc1ccc(F)cc1. The first-order valence-corrected chi connectivity index (χ1v) is 8.22. The number of halogens is 1. The Bertz CT molecular complexity index is 474. The third kappa shape index (κ3) is 4.72. The summed E-state index contributed by atoms with van der Waals surface area (Å²) in [6.45, 7) is 2.72. The van der Waals surface area contributed by atoms with Crippen molar-refractivity contribution in [1.29, 1.82) is 0 Å². The second-order valence-corrected chi connectivity index (χ2v) is 6.24. The van der Waals surface area contributed by atoms with Crippen LogP contribution in [0.2, 0.25) is 0 Å². The van der Waals surface area contributed by atoms with Gasteiger partial charge in [0.2, 0.25) is 5.91 Å². The van der Waals surface area contributed by atoms with E-state index in [4.69, 9.17) is 4.74 Å². The zero-order valence-corrected chi connectivity index (χ0v) is 13.6. The van der Waals surface area contributed by atoms with Crippen LogP contribution in [0.15, 0.2) is 24.3 Å². The van der Waals surface area contributed by atoms with E-state index < -0.39 is 0 Å². The quantitative estimate of drug-likeness (QED) is 0.743. The maximum atomic E-state index is 12.8. The van der Waals surface area contributed by atoms with Crippen molar-refractivity contribution in [2.75, 3.05) is 13.7 Å². The molecule has 1 aliphatic rings. The molecule has 1 amide bonds. The predicted molar refractivity (Wildman–Crippen MR) is 85.3 cm³/mol. The molecule has 3 nitrogen and oxygen atoms in total. The average Bonchev–Trinajstić information content (AvgIpc) is 2.53. The van der Waals surface area contributed by atoms with Gasteiger partial charge in [-0.25, -0.2) is 4.39 Å². The summed E-state index contributed by atoms with van der Waals surface area (Å²) in [5.74, 6) is 1.16. The molecule has 1 aromatic rings. The number of hydrogen-bond acceptors (Lipinski definition) is 2. The molecular weight excluding hydrogens is 281 g/mol. The molecule has 0 radical (unpaired) electrons. The topological polar surface area (TPSA) is 29.5 Å². The second kappa shape index (κ2) is 8.16. The highest BCUT2D eigenvalue weighted by atomic mass is 19.1. The molecule has 0 heterocycles. The lowest BCUT2D eigenvalue weighted by Gasteiger charge is -2.36. The van der Waals surface area contributed by atoms with E-state index in [-0.39, 0.29) is 11.7 Å². The van der Waals surface area contributed by atoms with Crippen molar-refractivity contribution in [3.63, 3.8) is 0 Å². The zero-order valence-electron chi connectivity index (χ0n) is 13.6. The van der Waals surface area contributed by atoms with Gasteiger partial charge in [0.05, 0.1) is 6.61 Å². The number of amides is 1. The number of carbonyl (C=O) groups excluding carboxylic acids is 1. The molecule has 0 spiro atoms. The van der Waals surface area contributed by atoms with Crippen molar-refractivity contribution in [1.82, 2.24) is 4.90 Å². The van der Waals surface area contributed by atoms with Gasteiger partial charge in [-0.05, 0) is 49.4 Å². The highest BCUT2D eigenvalue weighted by Crippen LogP contribution is 2.27. The Morgan fingerprint density at radius 1 is 1.27 bits per heavy atom. The van der Waals surface area contributed by atoms with Crippen LogP contribution in [0.3, 0.4) is 0 Å². The molecule has 2 rings (SSSR count). The van der Waals surface area contributed by atoms with E-state index in [1.54, 1.807) is 12.1 Å². The first-order valence-electron chi connectivity index (χ1n) is 8.22. The van der Waals surface area contributed by atoms with E-state index >= 15 is 0 Å². The molecule has 122 valence electrons. The fourth-order valence-electron chi connectivity index (χ4n) is 3.18. The van der Waals surface area contributed by atoms with Gasteiger partial charge in [-0.15, -0.1) is 0 Å². The van der Waals surface area contributed by atoms with E-state index in [0.29, 0.717) is 37.2 Å². The largest absolute Gasteiger partial charge is 0.494 e. The first kappa shape index (κ1) is 16.8. The highest BCUT2D eigenvalue weighted by molar-refractivity contribution is 5.76. The number of nitrogens with zero attached hydrogens (tertiary/aromatic N) is 1. The molecule has 0 saturated heterocycles. The highest BCUT2D eigenvalue weighted by Gasteiger charge is 2.27. The minimum atomic E-state index is -0.272. The molecule has 1 fully saturated rings. The summed E-state index contributed by atoms with van der Waals surface area (Å²) >= 11 is 0. The fraction of sp³-hybridized carbons (Fsp3) is 0.611. The van der Waals surface area contributed by atoms with Crippen LogP contribution in [0.1, 0.15) is 45.4 Å². The normalized spacial score (nSPS) is 21.4. The van der Waals surface area contributed by atoms with Crippen molar-refractivity contribution in [2.24, 2.45) is 5.92 Å². The predicted octanol–water partition coefficient (Wildman–Crippen LogP) is 4.02. The number of carbonyl (C=O) groups is 1. The lowest BCUT2D eigenvalue weighted by atomic mass is 9.85. The molecule has 1 aromatic carbocycles. The van der Waals surface area contributed by atoms with Crippen molar-refractivity contribution in [2.45, 2.75) is 51.5 Å². The third-order valence-corrected chi connectivity index (χ3v) is 4.57. The van der Waals surface area contributed by atoms with E-state index in [2.05, 4.69) is 6.92 Å². The standard InChI is InChI=1S/C18H26FNO2/c1-14-6-3-4-7-17(14)20(2)18(21)8-5-13-22-16-11-9-15(19)10-12-16/h9-12,14,17H,3-8,13H2,1-2H3. The van der Waals surface area contributed by atoms with Crippen LogP contribution in [0, 0.1) is 11.7 Å². The summed E-state index contributed by atoms with van der Waals surface area (Å²) in [6.07, 6.45) is 6.03. The van der Waals surface area contributed by atoms with Gasteiger partial charge in [-0.2, -0.15) is 0 Å².